The molecule has 2 nitrogen and oxygen atoms in total. The molecule has 1 aromatic rings. The Bertz CT molecular complexity index is 465. The highest BCUT2D eigenvalue weighted by atomic mass is 16.5. The molecule has 0 saturated heterocycles. The first kappa shape index (κ1) is 17.5. The summed E-state index contributed by atoms with van der Waals surface area (Å²) >= 11 is 0. The van der Waals surface area contributed by atoms with E-state index in [1.54, 1.807) is 7.11 Å². The Hall–Kier alpha value is -1.54. The van der Waals surface area contributed by atoms with Gasteiger partial charge in [0, 0.05) is 0 Å². The first-order valence-electron chi connectivity index (χ1n) is 7.57. The number of allylic oxidation sites excluding steroid dienone is 3. The molecule has 21 heavy (non-hydrogen) atoms. The van der Waals surface area contributed by atoms with Gasteiger partial charge in [-0.25, -0.2) is 0 Å². The summed E-state index contributed by atoms with van der Waals surface area (Å²) in [7, 11) is 1.68. The van der Waals surface area contributed by atoms with Gasteiger partial charge in [0.2, 0.25) is 0 Å². The van der Waals surface area contributed by atoms with E-state index in [-0.39, 0.29) is 6.10 Å². The number of benzene rings is 1. The van der Waals surface area contributed by atoms with Crippen LogP contribution >= 0.6 is 0 Å². The smallest absolute Gasteiger partial charge is 0.118 e. The molecule has 0 fully saturated rings. The Morgan fingerprint density at radius 1 is 1.10 bits per heavy atom. The molecule has 0 aliphatic heterocycles. The van der Waals surface area contributed by atoms with Gasteiger partial charge in [-0.2, -0.15) is 0 Å². The van der Waals surface area contributed by atoms with Crippen LogP contribution in [-0.2, 0) is 4.74 Å². The Kier molecular flexibility index (Phi) is 7.84. The van der Waals surface area contributed by atoms with Crippen molar-refractivity contribution < 1.29 is 9.47 Å². The summed E-state index contributed by atoms with van der Waals surface area (Å²) in [5, 5.41) is 0. The summed E-state index contributed by atoms with van der Waals surface area (Å²) in [5.41, 5.74) is 3.94. The van der Waals surface area contributed by atoms with Crippen molar-refractivity contribution >= 4 is 0 Å². The molecule has 1 atom stereocenters. The number of hydrogen-bond donors (Lipinski definition) is 0. The Morgan fingerprint density at radius 2 is 1.76 bits per heavy atom. The monoisotopic (exact) mass is 288 g/mol. The molecule has 0 bridgehead atoms. The molecule has 0 N–H and O–H groups in total. The fraction of sp³-hybridized carbons (Fsp3) is 0.474. The summed E-state index contributed by atoms with van der Waals surface area (Å²) in [5.74, 6) is 0.876. The zero-order chi connectivity index (χ0) is 15.7. The van der Waals surface area contributed by atoms with Gasteiger partial charge in [-0.3, -0.25) is 0 Å². The lowest BCUT2D eigenvalue weighted by Crippen LogP contribution is -2.00. The van der Waals surface area contributed by atoms with Crippen LogP contribution < -0.4 is 4.74 Å². The summed E-state index contributed by atoms with van der Waals surface area (Å²) in [6.45, 7) is 9.18. The zero-order valence-electron chi connectivity index (χ0n) is 14.0. The summed E-state index contributed by atoms with van der Waals surface area (Å²) in [6, 6.07) is 8.04. The Labute approximate surface area is 129 Å². The lowest BCUT2D eigenvalue weighted by molar-refractivity contribution is 0.0882. The van der Waals surface area contributed by atoms with Gasteiger partial charge in [0.25, 0.3) is 0 Å². The average Bonchev–Trinajstić information content (AvgIpc) is 2.46. The van der Waals surface area contributed by atoms with Crippen molar-refractivity contribution in [3.05, 3.63) is 53.1 Å². The van der Waals surface area contributed by atoms with Crippen LogP contribution in [0.25, 0.3) is 0 Å². The first-order valence-corrected chi connectivity index (χ1v) is 7.57. The van der Waals surface area contributed by atoms with Crippen molar-refractivity contribution in [2.24, 2.45) is 0 Å². The van der Waals surface area contributed by atoms with Gasteiger partial charge < -0.3 is 9.47 Å². The van der Waals surface area contributed by atoms with Crippen LogP contribution in [0.15, 0.2) is 47.6 Å². The highest BCUT2D eigenvalue weighted by Gasteiger charge is 2.04. The standard InChI is InChI=1S/C19H28O2/c1-15(2)7-6-8-16(3)13-14-21-17(4)18-9-11-19(20-5)12-10-18/h7,9-13,17H,6,8,14H2,1-5H3. The predicted octanol–water partition coefficient (Wildman–Crippen LogP) is 5.47. The highest BCUT2D eigenvalue weighted by Crippen LogP contribution is 2.20. The van der Waals surface area contributed by atoms with Crippen molar-refractivity contribution in [2.45, 2.75) is 46.6 Å². The number of hydrogen-bond acceptors (Lipinski definition) is 2. The highest BCUT2D eigenvalue weighted by molar-refractivity contribution is 5.28. The molecule has 0 aliphatic rings. The molecule has 0 radical (unpaired) electrons. The first-order chi connectivity index (χ1) is 10.0. The van der Waals surface area contributed by atoms with Crippen LogP contribution in [-0.4, -0.2) is 13.7 Å². The van der Waals surface area contributed by atoms with Gasteiger partial charge in [-0.05, 0) is 58.2 Å². The van der Waals surface area contributed by atoms with Crippen molar-refractivity contribution in [1.82, 2.24) is 0 Å². The summed E-state index contributed by atoms with van der Waals surface area (Å²) in [6.07, 6.45) is 6.76. The molecule has 1 unspecified atom stereocenters. The van der Waals surface area contributed by atoms with E-state index in [9.17, 15) is 0 Å². The molecule has 1 aromatic carbocycles. The molecule has 0 saturated carbocycles. The molecule has 2 heteroatoms. The largest absolute Gasteiger partial charge is 0.497 e. The van der Waals surface area contributed by atoms with Crippen LogP contribution in [0.2, 0.25) is 0 Å². The Balaban J connectivity index is 2.37. The second-order valence-electron chi connectivity index (χ2n) is 5.62. The minimum Gasteiger partial charge on any atom is -0.497 e. The van der Waals surface area contributed by atoms with Crippen molar-refractivity contribution in [3.8, 4) is 5.75 Å². The number of ether oxygens (including phenoxy) is 2. The normalized spacial score (nSPS) is 12.9. The molecular weight excluding hydrogens is 260 g/mol. The zero-order valence-corrected chi connectivity index (χ0v) is 14.0. The molecule has 116 valence electrons. The molecular formula is C19H28O2. The van der Waals surface area contributed by atoms with E-state index in [0.29, 0.717) is 6.61 Å². The third kappa shape index (κ3) is 7.14. The minimum atomic E-state index is 0.0951. The number of rotatable bonds is 8. The van der Waals surface area contributed by atoms with Crippen LogP contribution in [0, 0.1) is 0 Å². The lowest BCUT2D eigenvalue weighted by Gasteiger charge is -2.13. The van der Waals surface area contributed by atoms with Gasteiger partial charge in [-0.1, -0.05) is 35.4 Å². The second-order valence-corrected chi connectivity index (χ2v) is 5.62. The van der Waals surface area contributed by atoms with E-state index >= 15 is 0 Å². The maximum atomic E-state index is 5.87. The van der Waals surface area contributed by atoms with Gasteiger partial charge in [0.05, 0.1) is 19.8 Å². The van der Waals surface area contributed by atoms with E-state index < -0.39 is 0 Å². The summed E-state index contributed by atoms with van der Waals surface area (Å²) in [4.78, 5) is 0. The molecule has 0 amide bonds. The molecule has 1 rings (SSSR count). The molecule has 0 aromatic heterocycles. The van der Waals surface area contributed by atoms with Crippen LogP contribution in [0.5, 0.6) is 5.75 Å². The van der Waals surface area contributed by atoms with Gasteiger partial charge >= 0.3 is 0 Å². The van der Waals surface area contributed by atoms with Crippen LogP contribution in [0.4, 0.5) is 0 Å². The SMILES string of the molecule is COc1ccc(C(C)OCC=C(C)CCC=C(C)C)cc1. The fourth-order valence-electron chi connectivity index (χ4n) is 2.00. The van der Waals surface area contributed by atoms with Gasteiger partial charge in [0.15, 0.2) is 0 Å². The maximum absolute atomic E-state index is 5.87. The lowest BCUT2D eigenvalue weighted by atomic mass is 10.1. The van der Waals surface area contributed by atoms with E-state index in [4.69, 9.17) is 9.47 Å². The van der Waals surface area contributed by atoms with E-state index in [1.807, 2.05) is 12.1 Å². The predicted molar refractivity (Wildman–Crippen MR) is 89.8 cm³/mol. The quantitative estimate of drug-likeness (QED) is 0.591. The van der Waals surface area contributed by atoms with Crippen LogP contribution in [0.1, 0.15) is 52.2 Å². The van der Waals surface area contributed by atoms with Crippen molar-refractivity contribution in [3.63, 3.8) is 0 Å². The molecule has 0 spiro atoms. The van der Waals surface area contributed by atoms with Gasteiger partial charge in [0.1, 0.15) is 5.75 Å². The minimum absolute atomic E-state index is 0.0951. The fourth-order valence-corrected chi connectivity index (χ4v) is 2.00. The topological polar surface area (TPSA) is 18.5 Å². The third-order valence-corrected chi connectivity index (χ3v) is 3.45. The van der Waals surface area contributed by atoms with E-state index in [0.717, 1.165) is 18.6 Å². The number of methoxy groups -OCH3 is 1. The van der Waals surface area contributed by atoms with Crippen molar-refractivity contribution in [2.75, 3.05) is 13.7 Å². The summed E-state index contributed by atoms with van der Waals surface area (Å²) < 4.78 is 11.0. The van der Waals surface area contributed by atoms with E-state index in [2.05, 4.69) is 52.0 Å². The molecule has 0 aliphatic carbocycles. The third-order valence-electron chi connectivity index (χ3n) is 3.45. The van der Waals surface area contributed by atoms with Gasteiger partial charge in [-0.15, -0.1) is 0 Å². The van der Waals surface area contributed by atoms with E-state index in [1.165, 1.54) is 16.7 Å². The second kappa shape index (κ2) is 9.41. The van der Waals surface area contributed by atoms with Crippen LogP contribution in [0.3, 0.4) is 0 Å². The maximum Gasteiger partial charge on any atom is 0.118 e. The average molecular weight is 288 g/mol. The molecule has 0 heterocycles. The Morgan fingerprint density at radius 3 is 2.33 bits per heavy atom. The van der Waals surface area contributed by atoms with Crippen molar-refractivity contribution in [1.29, 1.82) is 0 Å².